The van der Waals surface area contributed by atoms with Crippen molar-refractivity contribution >= 4 is 0 Å². The van der Waals surface area contributed by atoms with Crippen molar-refractivity contribution in [2.75, 3.05) is 0 Å². The smallest absolute Gasteiger partial charge is 0.0812 e. The van der Waals surface area contributed by atoms with Crippen LogP contribution in [0.1, 0.15) is 69.9 Å². The molecule has 18 heavy (non-hydrogen) atoms. The quantitative estimate of drug-likeness (QED) is 0.862. The first-order valence-electron chi connectivity index (χ1n) is 7.34. The molecule has 100 valence electrons. The van der Waals surface area contributed by atoms with E-state index in [1.807, 2.05) is 0 Å². The summed E-state index contributed by atoms with van der Waals surface area (Å²) < 4.78 is 2.43. The summed E-state index contributed by atoms with van der Waals surface area (Å²) in [5.41, 5.74) is 2.78. The van der Waals surface area contributed by atoms with Crippen molar-refractivity contribution in [2.24, 2.45) is 11.3 Å². The zero-order valence-corrected chi connectivity index (χ0v) is 11.8. The number of hydrogen-bond donors (Lipinski definition) is 1. The Bertz CT molecular complexity index is 442. The van der Waals surface area contributed by atoms with Crippen LogP contribution in [-0.4, -0.2) is 9.67 Å². The molecule has 0 amide bonds. The van der Waals surface area contributed by atoms with Crippen LogP contribution >= 0.6 is 0 Å². The molecule has 1 aromatic heterocycles. The Labute approximate surface area is 110 Å². The summed E-state index contributed by atoms with van der Waals surface area (Å²) in [7, 11) is 0. The number of aromatic nitrogens is 1. The summed E-state index contributed by atoms with van der Waals surface area (Å²) in [6.07, 6.45) is 8.06. The maximum absolute atomic E-state index is 10.3. The van der Waals surface area contributed by atoms with E-state index in [0.29, 0.717) is 6.04 Å². The predicted octanol–water partition coefficient (Wildman–Crippen LogP) is 3.86. The highest BCUT2D eigenvalue weighted by molar-refractivity contribution is 5.29. The molecule has 2 aliphatic rings. The first kappa shape index (κ1) is 12.3. The minimum Gasteiger partial charge on any atom is -0.388 e. The van der Waals surface area contributed by atoms with Crippen LogP contribution in [0.3, 0.4) is 0 Å². The molecule has 2 unspecified atom stereocenters. The molecule has 1 aromatic rings. The van der Waals surface area contributed by atoms with Crippen molar-refractivity contribution in [3.05, 3.63) is 23.5 Å². The van der Waals surface area contributed by atoms with Crippen molar-refractivity contribution in [3.63, 3.8) is 0 Å². The van der Waals surface area contributed by atoms with Gasteiger partial charge in [0.05, 0.1) is 6.10 Å². The maximum atomic E-state index is 10.3. The van der Waals surface area contributed by atoms with Crippen LogP contribution in [0, 0.1) is 11.3 Å². The Kier molecular flexibility index (Phi) is 2.81. The lowest BCUT2D eigenvalue weighted by atomic mass is 9.75. The molecule has 2 nitrogen and oxygen atoms in total. The van der Waals surface area contributed by atoms with Gasteiger partial charge in [-0.15, -0.1) is 0 Å². The summed E-state index contributed by atoms with van der Waals surface area (Å²) >= 11 is 0. The van der Waals surface area contributed by atoms with Gasteiger partial charge in [-0.3, -0.25) is 0 Å². The summed E-state index contributed by atoms with van der Waals surface area (Å²) in [5.74, 6) is 0.958. The third-order valence-electron chi connectivity index (χ3n) is 4.66. The van der Waals surface area contributed by atoms with Crippen LogP contribution in [0.4, 0.5) is 0 Å². The van der Waals surface area contributed by atoms with Gasteiger partial charge in [0.25, 0.3) is 0 Å². The Hall–Kier alpha value is -0.760. The summed E-state index contributed by atoms with van der Waals surface area (Å²) in [6, 6.07) is 2.72. The average Bonchev–Trinajstić information content (AvgIpc) is 2.94. The van der Waals surface area contributed by atoms with Gasteiger partial charge in [-0.2, -0.15) is 0 Å². The molecule has 0 bridgehead atoms. The molecule has 3 rings (SSSR count). The number of aliphatic hydroxyl groups is 1. The van der Waals surface area contributed by atoms with E-state index in [4.69, 9.17) is 0 Å². The van der Waals surface area contributed by atoms with Crippen LogP contribution in [0.25, 0.3) is 0 Å². The van der Waals surface area contributed by atoms with E-state index in [2.05, 4.69) is 37.6 Å². The predicted molar refractivity (Wildman–Crippen MR) is 73.5 cm³/mol. The van der Waals surface area contributed by atoms with Crippen molar-refractivity contribution in [2.45, 2.75) is 65.0 Å². The topological polar surface area (TPSA) is 25.2 Å². The number of hydrogen-bond acceptors (Lipinski definition) is 1. The average molecular weight is 247 g/mol. The Balaban J connectivity index is 1.88. The zero-order valence-electron chi connectivity index (χ0n) is 11.8. The van der Waals surface area contributed by atoms with Gasteiger partial charge in [-0.05, 0) is 43.6 Å². The van der Waals surface area contributed by atoms with Gasteiger partial charge in [0, 0.05) is 23.5 Å². The van der Waals surface area contributed by atoms with Gasteiger partial charge in [0.2, 0.25) is 0 Å². The third kappa shape index (κ3) is 2.23. The fraction of sp³-hybridized carbons (Fsp3) is 0.750. The van der Waals surface area contributed by atoms with Gasteiger partial charge < -0.3 is 9.67 Å². The molecule has 2 atom stereocenters. The maximum Gasteiger partial charge on any atom is 0.0812 e. The summed E-state index contributed by atoms with van der Waals surface area (Å²) in [4.78, 5) is 0. The van der Waals surface area contributed by atoms with Crippen molar-refractivity contribution < 1.29 is 5.11 Å². The molecule has 0 aliphatic heterocycles. The van der Waals surface area contributed by atoms with Crippen LogP contribution in [0.15, 0.2) is 12.3 Å². The fourth-order valence-corrected chi connectivity index (χ4v) is 3.51. The van der Waals surface area contributed by atoms with E-state index >= 15 is 0 Å². The van der Waals surface area contributed by atoms with Crippen molar-refractivity contribution in [3.8, 4) is 0 Å². The van der Waals surface area contributed by atoms with Gasteiger partial charge in [0.1, 0.15) is 0 Å². The standard InChI is InChI=1S/C16H25NO/c1-11(8-12-4-5-12)17-7-6-13-14(17)9-16(2,3)10-15(13)18/h6-7,11-12,15,18H,4-5,8-10H2,1-3H3. The van der Waals surface area contributed by atoms with E-state index < -0.39 is 0 Å². The molecule has 0 aromatic carbocycles. The lowest BCUT2D eigenvalue weighted by Gasteiger charge is -2.34. The minimum atomic E-state index is -0.266. The number of nitrogens with zero attached hydrogens (tertiary/aromatic N) is 1. The lowest BCUT2D eigenvalue weighted by Crippen LogP contribution is -2.27. The first-order valence-corrected chi connectivity index (χ1v) is 7.34. The van der Waals surface area contributed by atoms with Gasteiger partial charge in [-0.25, -0.2) is 0 Å². The number of aliphatic hydroxyl groups excluding tert-OH is 1. The third-order valence-corrected chi connectivity index (χ3v) is 4.66. The largest absolute Gasteiger partial charge is 0.388 e. The molecule has 1 N–H and O–H groups in total. The van der Waals surface area contributed by atoms with Crippen LogP contribution < -0.4 is 0 Å². The highest BCUT2D eigenvalue weighted by Crippen LogP contribution is 2.43. The molecule has 2 heteroatoms. The second kappa shape index (κ2) is 4.12. The first-order chi connectivity index (χ1) is 8.46. The van der Waals surface area contributed by atoms with E-state index in [1.165, 1.54) is 30.5 Å². The van der Waals surface area contributed by atoms with Gasteiger partial charge in [-0.1, -0.05) is 26.7 Å². The van der Waals surface area contributed by atoms with Crippen LogP contribution in [0.2, 0.25) is 0 Å². The minimum absolute atomic E-state index is 0.224. The summed E-state index contributed by atoms with van der Waals surface area (Å²) in [5, 5.41) is 10.3. The van der Waals surface area contributed by atoms with E-state index in [9.17, 15) is 5.11 Å². The van der Waals surface area contributed by atoms with Crippen LogP contribution in [0.5, 0.6) is 0 Å². The zero-order chi connectivity index (χ0) is 12.9. The molecular weight excluding hydrogens is 222 g/mol. The van der Waals surface area contributed by atoms with E-state index in [0.717, 1.165) is 18.8 Å². The van der Waals surface area contributed by atoms with E-state index in [1.54, 1.807) is 0 Å². The second-order valence-corrected chi connectivity index (χ2v) is 7.21. The molecule has 1 fully saturated rings. The van der Waals surface area contributed by atoms with Gasteiger partial charge >= 0.3 is 0 Å². The molecule has 1 saturated carbocycles. The Morgan fingerprint density at radius 2 is 2.17 bits per heavy atom. The molecular formula is C16H25NO. The monoisotopic (exact) mass is 247 g/mol. The van der Waals surface area contributed by atoms with E-state index in [-0.39, 0.29) is 11.5 Å². The second-order valence-electron chi connectivity index (χ2n) is 7.21. The molecule has 1 heterocycles. The molecule has 0 radical (unpaired) electrons. The lowest BCUT2D eigenvalue weighted by molar-refractivity contribution is 0.0974. The molecule has 2 aliphatic carbocycles. The van der Waals surface area contributed by atoms with Crippen molar-refractivity contribution in [1.82, 2.24) is 4.57 Å². The molecule has 0 spiro atoms. The van der Waals surface area contributed by atoms with Crippen molar-refractivity contribution in [1.29, 1.82) is 0 Å². The number of rotatable bonds is 3. The Morgan fingerprint density at radius 3 is 2.83 bits per heavy atom. The fourth-order valence-electron chi connectivity index (χ4n) is 3.51. The SMILES string of the molecule is CC(CC1CC1)n1ccc2c1CC(C)(C)CC2O. The van der Waals surface area contributed by atoms with Gasteiger partial charge in [0.15, 0.2) is 0 Å². The molecule has 0 saturated heterocycles. The highest BCUT2D eigenvalue weighted by atomic mass is 16.3. The van der Waals surface area contributed by atoms with Crippen LogP contribution in [-0.2, 0) is 6.42 Å². The number of fused-ring (bicyclic) bond motifs is 1. The highest BCUT2D eigenvalue weighted by Gasteiger charge is 2.34. The normalized spacial score (nSPS) is 27.9. The summed E-state index contributed by atoms with van der Waals surface area (Å²) in [6.45, 7) is 6.86. The Morgan fingerprint density at radius 1 is 1.44 bits per heavy atom.